The third kappa shape index (κ3) is 8.49. The van der Waals surface area contributed by atoms with Crippen LogP contribution in [0.3, 0.4) is 0 Å². The Kier molecular flexibility index (Phi) is 11.6. The second kappa shape index (κ2) is 15.4. The van der Waals surface area contributed by atoms with Crippen molar-refractivity contribution >= 4 is 55.1 Å². The van der Waals surface area contributed by atoms with E-state index in [1.54, 1.807) is 60.7 Å². The molecule has 44 heavy (non-hydrogen) atoms. The molecule has 0 spiro atoms. The fourth-order valence-corrected chi connectivity index (χ4v) is 6.56. The molecule has 0 fully saturated rings. The lowest BCUT2D eigenvalue weighted by molar-refractivity contribution is -0.140. The van der Waals surface area contributed by atoms with E-state index in [-0.39, 0.29) is 29.8 Å². The molecule has 0 unspecified atom stereocenters. The number of carbonyl (C=O) groups excluding carboxylic acids is 2. The zero-order valence-electron chi connectivity index (χ0n) is 24.6. The largest absolute Gasteiger partial charge is 0.352 e. The number of anilines is 1. The van der Waals surface area contributed by atoms with Gasteiger partial charge in [-0.05, 0) is 66.9 Å². The van der Waals surface area contributed by atoms with Crippen LogP contribution in [0.1, 0.15) is 31.4 Å². The Hall–Kier alpha value is -3.66. The molecule has 0 radical (unpaired) electrons. The van der Waals surface area contributed by atoms with E-state index in [0.717, 1.165) is 14.3 Å². The van der Waals surface area contributed by atoms with Crippen molar-refractivity contribution in [2.45, 2.75) is 50.2 Å². The van der Waals surface area contributed by atoms with Crippen molar-refractivity contribution in [1.29, 1.82) is 0 Å². The molecule has 0 heterocycles. The smallest absolute Gasteiger partial charge is 0.264 e. The van der Waals surface area contributed by atoms with Gasteiger partial charge in [0, 0.05) is 28.5 Å². The summed E-state index contributed by atoms with van der Waals surface area (Å²) in [5, 5.41) is 3.47. The summed E-state index contributed by atoms with van der Waals surface area (Å²) in [4.78, 5) is 29.8. The van der Waals surface area contributed by atoms with E-state index in [1.165, 1.54) is 17.0 Å². The van der Waals surface area contributed by atoms with E-state index in [9.17, 15) is 18.0 Å². The quantitative estimate of drug-likeness (QED) is 0.166. The van der Waals surface area contributed by atoms with Gasteiger partial charge in [0.2, 0.25) is 11.8 Å². The number of halogens is 2. The Labute approximate surface area is 273 Å². The fourth-order valence-electron chi connectivity index (χ4n) is 4.66. The third-order valence-corrected chi connectivity index (χ3v) is 9.98. The topological polar surface area (TPSA) is 86.8 Å². The van der Waals surface area contributed by atoms with Crippen molar-refractivity contribution in [2.24, 2.45) is 0 Å². The Morgan fingerprint density at radius 1 is 0.864 bits per heavy atom. The first-order chi connectivity index (χ1) is 21.1. The van der Waals surface area contributed by atoms with Crippen LogP contribution in [0.4, 0.5) is 5.69 Å². The van der Waals surface area contributed by atoms with E-state index in [1.807, 2.05) is 50.2 Å². The maximum atomic E-state index is 14.5. The van der Waals surface area contributed by atoms with Crippen molar-refractivity contribution in [1.82, 2.24) is 10.2 Å². The van der Waals surface area contributed by atoms with Crippen LogP contribution in [0.5, 0.6) is 0 Å². The number of carbonyl (C=O) groups is 2. The second-order valence-corrected chi connectivity index (χ2v) is 13.6. The van der Waals surface area contributed by atoms with E-state index in [2.05, 4.69) is 21.2 Å². The summed E-state index contributed by atoms with van der Waals surface area (Å²) in [5.74, 6) is -0.878. The molecule has 2 amide bonds. The number of sulfonamides is 1. The number of rotatable bonds is 13. The Morgan fingerprint density at radius 3 is 2.07 bits per heavy atom. The van der Waals surface area contributed by atoms with E-state index < -0.39 is 28.5 Å². The molecule has 0 saturated heterocycles. The van der Waals surface area contributed by atoms with Gasteiger partial charge in [0.15, 0.2) is 0 Å². The van der Waals surface area contributed by atoms with Crippen LogP contribution >= 0.6 is 27.5 Å². The molecule has 0 aromatic heterocycles. The Bertz CT molecular complexity index is 1660. The van der Waals surface area contributed by atoms with Gasteiger partial charge in [0.25, 0.3) is 10.0 Å². The van der Waals surface area contributed by atoms with Crippen LogP contribution < -0.4 is 9.62 Å². The zero-order chi connectivity index (χ0) is 31.7. The fraction of sp³-hybridized carbons (Fsp3) is 0.235. The van der Waals surface area contributed by atoms with Crippen LogP contribution in [0.15, 0.2) is 119 Å². The molecule has 0 saturated carbocycles. The van der Waals surface area contributed by atoms with Crippen molar-refractivity contribution in [3.8, 4) is 0 Å². The number of nitrogens with one attached hydrogen (secondary N) is 1. The first-order valence-electron chi connectivity index (χ1n) is 14.3. The van der Waals surface area contributed by atoms with Gasteiger partial charge in [0.1, 0.15) is 12.6 Å². The van der Waals surface area contributed by atoms with Gasteiger partial charge in [-0.15, -0.1) is 0 Å². The highest BCUT2D eigenvalue weighted by atomic mass is 79.9. The summed E-state index contributed by atoms with van der Waals surface area (Å²) < 4.78 is 29.9. The van der Waals surface area contributed by atoms with Crippen molar-refractivity contribution < 1.29 is 18.0 Å². The number of hydrogen-bond acceptors (Lipinski definition) is 4. The summed E-state index contributed by atoms with van der Waals surface area (Å²) in [6, 6.07) is 30.1. The maximum absolute atomic E-state index is 14.5. The second-order valence-electron chi connectivity index (χ2n) is 10.4. The maximum Gasteiger partial charge on any atom is 0.264 e. The number of amides is 2. The molecule has 7 nitrogen and oxygen atoms in total. The first kappa shape index (κ1) is 33.2. The molecule has 0 bridgehead atoms. The van der Waals surface area contributed by atoms with Crippen molar-refractivity contribution in [3.05, 3.63) is 130 Å². The van der Waals surface area contributed by atoms with Crippen LogP contribution in [-0.4, -0.2) is 43.8 Å². The molecule has 0 aliphatic carbocycles. The molecule has 10 heteroatoms. The van der Waals surface area contributed by atoms with Crippen molar-refractivity contribution in [2.75, 3.05) is 10.8 Å². The number of hydrogen-bond donors (Lipinski definition) is 1. The SMILES string of the molecule is CC[C@H](C)NC(=O)[C@@H](Cc1ccccc1)N(Cc1ccccc1Cl)C(=O)CN(c1ccc(Br)cc1)S(=O)(=O)c1ccccc1. The minimum absolute atomic E-state index is 0.00347. The molecule has 1 N–H and O–H groups in total. The summed E-state index contributed by atoms with van der Waals surface area (Å²) in [7, 11) is -4.16. The molecule has 4 aromatic rings. The monoisotopic (exact) mass is 695 g/mol. The summed E-state index contributed by atoms with van der Waals surface area (Å²) in [5.41, 5.74) is 1.81. The molecule has 230 valence electrons. The summed E-state index contributed by atoms with van der Waals surface area (Å²) in [6.07, 6.45) is 0.929. The van der Waals surface area contributed by atoms with E-state index in [0.29, 0.717) is 22.7 Å². The molecular formula is C34H35BrClN3O4S. The van der Waals surface area contributed by atoms with Gasteiger partial charge in [-0.1, -0.05) is 101 Å². The highest BCUT2D eigenvalue weighted by Crippen LogP contribution is 2.27. The van der Waals surface area contributed by atoms with Crippen LogP contribution in [0, 0.1) is 0 Å². The highest BCUT2D eigenvalue weighted by Gasteiger charge is 2.35. The Balaban J connectivity index is 1.80. The third-order valence-electron chi connectivity index (χ3n) is 7.30. The molecule has 0 aliphatic heterocycles. The average Bonchev–Trinajstić information content (AvgIpc) is 3.03. The van der Waals surface area contributed by atoms with Gasteiger partial charge in [-0.25, -0.2) is 8.42 Å². The van der Waals surface area contributed by atoms with Gasteiger partial charge in [0.05, 0.1) is 10.6 Å². The van der Waals surface area contributed by atoms with E-state index in [4.69, 9.17) is 11.6 Å². The van der Waals surface area contributed by atoms with E-state index >= 15 is 0 Å². The standard InChI is InChI=1S/C34H35BrClN3O4S/c1-3-25(2)37-34(41)32(22-26-12-6-4-7-13-26)38(23-27-14-10-11-17-31(27)36)33(40)24-39(29-20-18-28(35)19-21-29)44(42,43)30-15-8-5-9-16-30/h4-21,25,32H,3,22-24H2,1-2H3,(H,37,41)/t25-,32+/m0/s1. The molecule has 0 aliphatic rings. The minimum Gasteiger partial charge on any atom is -0.352 e. The van der Waals surface area contributed by atoms with Gasteiger partial charge >= 0.3 is 0 Å². The lowest BCUT2D eigenvalue weighted by Gasteiger charge is -2.34. The van der Waals surface area contributed by atoms with Gasteiger partial charge in [-0.2, -0.15) is 0 Å². The van der Waals surface area contributed by atoms with Crippen molar-refractivity contribution in [3.63, 3.8) is 0 Å². The predicted octanol–water partition coefficient (Wildman–Crippen LogP) is 6.85. The number of nitrogens with zero attached hydrogens (tertiary/aromatic N) is 2. The lowest BCUT2D eigenvalue weighted by atomic mass is 10.0. The highest BCUT2D eigenvalue weighted by molar-refractivity contribution is 9.10. The lowest BCUT2D eigenvalue weighted by Crippen LogP contribution is -2.54. The average molecular weight is 697 g/mol. The molecule has 2 atom stereocenters. The molecule has 4 aromatic carbocycles. The minimum atomic E-state index is -4.16. The first-order valence-corrected chi connectivity index (χ1v) is 16.9. The predicted molar refractivity (Wildman–Crippen MR) is 179 cm³/mol. The molecule has 4 rings (SSSR count). The Morgan fingerprint density at radius 2 is 1.45 bits per heavy atom. The normalized spacial score (nSPS) is 12.6. The zero-order valence-corrected chi connectivity index (χ0v) is 27.7. The van der Waals surface area contributed by atoms with Crippen LogP contribution in [0.25, 0.3) is 0 Å². The number of benzene rings is 4. The van der Waals surface area contributed by atoms with Crippen LogP contribution in [0.2, 0.25) is 5.02 Å². The summed E-state index contributed by atoms with van der Waals surface area (Å²) >= 11 is 9.94. The molecular weight excluding hydrogens is 662 g/mol. The summed E-state index contributed by atoms with van der Waals surface area (Å²) in [6.45, 7) is 3.34. The van der Waals surface area contributed by atoms with Crippen LogP contribution in [-0.2, 0) is 32.6 Å². The van der Waals surface area contributed by atoms with Gasteiger partial charge in [-0.3, -0.25) is 13.9 Å². The van der Waals surface area contributed by atoms with Gasteiger partial charge < -0.3 is 10.2 Å².